The highest BCUT2D eigenvalue weighted by Gasteiger charge is 2.59. The van der Waals surface area contributed by atoms with Gasteiger partial charge >= 0.3 is 0 Å². The zero-order chi connectivity index (χ0) is 82.5. The third-order valence-electron chi connectivity index (χ3n) is 22.3. The molecule has 6 saturated heterocycles. The van der Waals surface area contributed by atoms with Crippen LogP contribution in [0.3, 0.4) is 0 Å². The molecule has 2 amide bonds. The van der Waals surface area contributed by atoms with E-state index in [0.29, 0.717) is 12.8 Å². The lowest BCUT2D eigenvalue weighted by atomic mass is 9.94. The van der Waals surface area contributed by atoms with Gasteiger partial charge in [-0.05, 0) is 19.3 Å². The summed E-state index contributed by atoms with van der Waals surface area (Å²) in [5.41, 5.74) is 0. The summed E-state index contributed by atoms with van der Waals surface area (Å²) < 4.78 is 70.2. The van der Waals surface area contributed by atoms with Gasteiger partial charge in [0.1, 0.15) is 146 Å². The molecule has 35 nitrogen and oxygen atoms in total. The summed E-state index contributed by atoms with van der Waals surface area (Å²) in [5, 5.41) is 216. The van der Waals surface area contributed by atoms with Gasteiger partial charge in [0.15, 0.2) is 37.7 Å². The number of allylic oxidation sites excluding steroid dienone is 1. The average molecular weight is 1640 g/mol. The van der Waals surface area contributed by atoms with Gasteiger partial charge in [0, 0.05) is 13.3 Å². The van der Waals surface area contributed by atoms with Crippen molar-refractivity contribution in [2.45, 2.75) is 423 Å². The van der Waals surface area contributed by atoms with Crippen molar-refractivity contribution in [1.82, 2.24) is 10.6 Å². The molecule has 6 fully saturated rings. The number of rotatable bonds is 55. The Morgan fingerprint density at radius 2 is 0.655 bits per heavy atom. The Labute approximate surface area is 664 Å². The summed E-state index contributed by atoms with van der Waals surface area (Å²) in [7, 11) is 0. The van der Waals surface area contributed by atoms with Gasteiger partial charge in [0.05, 0.1) is 58.4 Å². The number of carbonyl (C=O) groups excluding carboxylic acids is 2. The number of hydrogen-bond donors (Lipinski definition) is 21. The first-order chi connectivity index (χ1) is 54.4. The average Bonchev–Trinajstić information content (AvgIpc) is 0.773. The molecule has 6 rings (SSSR count). The molecular weight excluding hydrogens is 1490 g/mol. The fourth-order valence-corrected chi connectivity index (χ4v) is 15.4. The van der Waals surface area contributed by atoms with Crippen molar-refractivity contribution in [3.63, 3.8) is 0 Å². The highest BCUT2D eigenvalue weighted by atomic mass is 16.8. The van der Waals surface area contributed by atoms with Crippen LogP contribution in [-0.2, 0) is 66.4 Å². The second kappa shape index (κ2) is 54.0. The fraction of sp³-hybridized carbons (Fsp3) is 0.949. The zero-order valence-electron chi connectivity index (χ0n) is 66.4. The van der Waals surface area contributed by atoms with Crippen LogP contribution in [0.2, 0.25) is 0 Å². The molecule has 0 aromatic heterocycles. The lowest BCUT2D eigenvalue weighted by molar-refractivity contribution is -0.392. The Morgan fingerprint density at radius 1 is 0.345 bits per heavy atom. The molecule has 0 aliphatic carbocycles. The van der Waals surface area contributed by atoms with Crippen molar-refractivity contribution in [1.29, 1.82) is 0 Å². The Kier molecular flexibility index (Phi) is 47.4. The molecule has 6 heterocycles. The van der Waals surface area contributed by atoms with Crippen molar-refractivity contribution in [3.8, 4) is 0 Å². The first-order valence-corrected chi connectivity index (χ1v) is 42.0. The summed E-state index contributed by atoms with van der Waals surface area (Å²) in [6, 6.07) is -2.92. The van der Waals surface area contributed by atoms with E-state index in [2.05, 4.69) is 24.5 Å². The van der Waals surface area contributed by atoms with Crippen LogP contribution >= 0.6 is 0 Å². The van der Waals surface area contributed by atoms with Gasteiger partial charge in [0.25, 0.3) is 0 Å². The minimum Gasteiger partial charge on any atom is -0.394 e. The molecule has 6 aliphatic rings. The Bertz CT molecular complexity index is 2540. The summed E-state index contributed by atoms with van der Waals surface area (Å²) in [4.78, 5) is 26.6. The largest absolute Gasteiger partial charge is 0.394 e. The quantitative estimate of drug-likeness (QED) is 0.0256. The SMILES string of the molecule is CCCCCCCCCCCCC/C=C/[C@@H](O)[C@H](CO[C@@H]1OC(CO)[C@@H](O[C@@H]2OC(CO)[C@H](O)[C@H](O[C@H]3OC(CO)[C@H](O)[C@H](O[C@@H]4OC(CO)[C@H](O)[C@H](O[C@@H]5OC(CO)[C@H](O)[C@H](O[C@H]6OC(CO)[C@H](O)[C@H](O)C6O)C5O)C4NC(C)=O)C3O)C2O)[C@H](O)C1O)NC(=O)CCCCCCCCCCCCCCCCCCCCC. The van der Waals surface area contributed by atoms with E-state index in [0.717, 1.165) is 58.3 Å². The van der Waals surface area contributed by atoms with E-state index in [1.807, 2.05) is 6.08 Å². The molecule has 35 heteroatoms. The van der Waals surface area contributed by atoms with Crippen LogP contribution in [0.25, 0.3) is 0 Å². The number of ether oxygens (including phenoxy) is 12. The molecule has 0 aromatic rings. The fourth-order valence-electron chi connectivity index (χ4n) is 15.4. The Morgan fingerprint density at radius 3 is 1.04 bits per heavy atom. The van der Waals surface area contributed by atoms with Gasteiger partial charge < -0.3 is 164 Å². The number of nitrogens with one attached hydrogen (secondary N) is 2. The number of aliphatic hydroxyl groups excluding tert-OH is 19. The van der Waals surface area contributed by atoms with Crippen LogP contribution in [0.5, 0.6) is 0 Å². The number of hydrogen-bond acceptors (Lipinski definition) is 33. The molecular formula is C78H142N2O33. The van der Waals surface area contributed by atoms with Gasteiger partial charge in [-0.25, -0.2) is 0 Å². The van der Waals surface area contributed by atoms with E-state index in [1.165, 1.54) is 135 Å². The highest BCUT2D eigenvalue weighted by Crippen LogP contribution is 2.38. The first-order valence-electron chi connectivity index (χ1n) is 42.0. The summed E-state index contributed by atoms with van der Waals surface area (Å²) in [6.07, 6.45) is -18.1. The zero-order valence-corrected chi connectivity index (χ0v) is 66.4. The summed E-state index contributed by atoms with van der Waals surface area (Å²) in [5.74, 6) is -1.23. The van der Waals surface area contributed by atoms with Crippen LogP contribution < -0.4 is 10.6 Å². The van der Waals surface area contributed by atoms with E-state index in [9.17, 15) is 107 Å². The topological polar surface area (TPSA) is 553 Å². The predicted octanol–water partition coefficient (Wildman–Crippen LogP) is -1.01. The minimum absolute atomic E-state index is 0.174. The van der Waals surface area contributed by atoms with Gasteiger partial charge in [-0.2, -0.15) is 0 Å². The van der Waals surface area contributed by atoms with E-state index < -0.39 is 248 Å². The van der Waals surface area contributed by atoms with Gasteiger partial charge in [-0.3, -0.25) is 9.59 Å². The van der Waals surface area contributed by atoms with Crippen molar-refractivity contribution in [2.75, 3.05) is 46.2 Å². The molecule has 0 aromatic carbocycles. The maximum absolute atomic E-state index is 13.6. The molecule has 0 bridgehead atoms. The van der Waals surface area contributed by atoms with E-state index >= 15 is 0 Å². The lowest BCUT2D eigenvalue weighted by Gasteiger charge is -2.50. The van der Waals surface area contributed by atoms with Crippen molar-refractivity contribution in [3.05, 3.63) is 12.2 Å². The molecule has 0 spiro atoms. The molecule has 21 N–H and O–H groups in total. The number of unbranched alkanes of at least 4 members (excludes halogenated alkanes) is 29. The minimum atomic E-state index is -2.30. The summed E-state index contributed by atoms with van der Waals surface area (Å²) in [6.45, 7) is -0.987. The van der Waals surface area contributed by atoms with Crippen LogP contribution in [0.15, 0.2) is 12.2 Å². The maximum atomic E-state index is 13.6. The van der Waals surface area contributed by atoms with Crippen molar-refractivity contribution in [2.24, 2.45) is 0 Å². The van der Waals surface area contributed by atoms with E-state index in [4.69, 9.17) is 56.8 Å². The molecule has 662 valence electrons. The normalized spacial score (nSPS) is 37.0. The molecule has 32 atom stereocenters. The molecule has 12 unspecified atom stereocenters. The molecule has 6 aliphatic heterocycles. The standard InChI is InChI=1S/C78H142N2O33/c1-4-6-8-10-12-14-16-18-19-20-21-22-23-25-27-29-31-33-35-37-54(89)80-46(47(88)36-34-32-30-28-26-24-17-15-13-11-9-7-5-2)44-102-74-64(98)62(96)68(53(43-86)108-74)109-76-66(100)72(60(94)51(41-84)105-76)113-78-65(99)70(58(92)50(40-83)107-78)111-73-55(79-45(3)87)69(57(91)49(39-82)103-73)110-77-67(101)71(59(93)52(42-85)106-77)112-75-63(97)61(95)56(90)48(38-81)104-75/h34,36,46-53,55-78,81-86,88,90-101H,4-33,35,37-44H2,1-3H3,(H,79,87)(H,80,89)/b36-34+/t46-,47+,48?,49?,50?,51?,52?,53?,55?,56-,57-,58-,59-,60-,61-,62+,63?,64?,65?,66?,67?,68+,69+,70-,71-,72-,73-,74+,75+,76-,77-,78+/m0/s1. The lowest BCUT2D eigenvalue weighted by Crippen LogP contribution is -2.70. The maximum Gasteiger partial charge on any atom is 0.220 e. The second-order valence-corrected chi connectivity index (χ2v) is 31.3. The number of carbonyl (C=O) groups is 2. The third-order valence-corrected chi connectivity index (χ3v) is 22.3. The third kappa shape index (κ3) is 30.8. The molecule has 0 radical (unpaired) electrons. The summed E-state index contributed by atoms with van der Waals surface area (Å²) >= 11 is 0. The van der Waals surface area contributed by atoms with Crippen molar-refractivity contribution >= 4 is 11.8 Å². The van der Waals surface area contributed by atoms with Gasteiger partial charge in [0.2, 0.25) is 11.8 Å². The molecule has 113 heavy (non-hydrogen) atoms. The van der Waals surface area contributed by atoms with Crippen LogP contribution in [-0.4, -0.2) is 351 Å². The second-order valence-electron chi connectivity index (χ2n) is 31.3. The van der Waals surface area contributed by atoms with E-state index in [1.54, 1.807) is 6.08 Å². The number of amides is 2. The van der Waals surface area contributed by atoms with Crippen LogP contribution in [0.1, 0.15) is 226 Å². The number of aliphatic hydroxyl groups is 19. The first kappa shape index (κ1) is 99.3. The van der Waals surface area contributed by atoms with Crippen LogP contribution in [0, 0.1) is 0 Å². The smallest absolute Gasteiger partial charge is 0.220 e. The van der Waals surface area contributed by atoms with Gasteiger partial charge in [-0.1, -0.05) is 206 Å². The predicted molar refractivity (Wildman–Crippen MR) is 401 cm³/mol. The highest BCUT2D eigenvalue weighted by molar-refractivity contribution is 5.76. The molecule has 0 saturated carbocycles. The Hall–Kier alpha value is -2.56. The van der Waals surface area contributed by atoms with E-state index in [-0.39, 0.29) is 12.3 Å². The van der Waals surface area contributed by atoms with Crippen LogP contribution in [0.4, 0.5) is 0 Å². The Balaban J connectivity index is 1.08. The van der Waals surface area contributed by atoms with Crippen molar-refractivity contribution < 1.29 is 163 Å². The van der Waals surface area contributed by atoms with Gasteiger partial charge in [-0.15, -0.1) is 0 Å². The monoisotopic (exact) mass is 1630 g/mol.